The quantitative estimate of drug-likeness (QED) is 0.828. The van der Waals surface area contributed by atoms with Crippen LogP contribution in [0, 0.1) is 6.92 Å². The number of carbonyl (C=O) groups excluding carboxylic acids is 1. The van der Waals surface area contributed by atoms with Crippen molar-refractivity contribution < 1.29 is 13.2 Å². The predicted octanol–water partition coefficient (Wildman–Crippen LogP) is 1.67. The first kappa shape index (κ1) is 18.4. The molecule has 7 heteroatoms. The number of urea groups is 1. The number of sulfonamides is 1. The lowest BCUT2D eigenvalue weighted by Crippen LogP contribution is -2.43. The Balaban J connectivity index is 2.59. The number of likely N-dealkylation sites (N-methyl/N-ethyl adjacent to an activating group) is 1. The molecule has 6 nitrogen and oxygen atoms in total. The van der Waals surface area contributed by atoms with E-state index in [0.717, 1.165) is 5.56 Å². The van der Waals surface area contributed by atoms with Crippen LogP contribution in [0.1, 0.15) is 19.4 Å². The Morgan fingerprint density at radius 3 is 2.18 bits per heavy atom. The van der Waals surface area contributed by atoms with E-state index in [-0.39, 0.29) is 24.0 Å². The molecule has 1 aromatic rings. The molecule has 22 heavy (non-hydrogen) atoms. The lowest BCUT2D eigenvalue weighted by Gasteiger charge is -2.21. The third-order valence-corrected chi connectivity index (χ3v) is 5.35. The summed E-state index contributed by atoms with van der Waals surface area (Å²) >= 11 is 0. The van der Waals surface area contributed by atoms with Crippen LogP contribution in [0.2, 0.25) is 0 Å². The Morgan fingerprint density at radius 2 is 1.68 bits per heavy atom. The van der Waals surface area contributed by atoms with Gasteiger partial charge in [-0.3, -0.25) is 0 Å². The van der Waals surface area contributed by atoms with Crippen molar-refractivity contribution in [1.82, 2.24) is 14.5 Å². The second-order valence-corrected chi connectivity index (χ2v) is 7.09. The van der Waals surface area contributed by atoms with E-state index in [1.165, 1.54) is 11.4 Å². The van der Waals surface area contributed by atoms with E-state index in [2.05, 4.69) is 5.32 Å². The smallest absolute Gasteiger partial charge is 0.317 e. The second-order valence-electron chi connectivity index (χ2n) is 5.04. The summed E-state index contributed by atoms with van der Waals surface area (Å²) in [7, 11) is -2.00. The number of carbonyl (C=O) groups is 1. The molecule has 0 spiro atoms. The molecule has 0 aliphatic heterocycles. The molecule has 0 aromatic heterocycles. The summed E-state index contributed by atoms with van der Waals surface area (Å²) in [5, 5.41) is 2.73. The highest BCUT2D eigenvalue weighted by atomic mass is 32.2. The van der Waals surface area contributed by atoms with Gasteiger partial charge in [-0.1, -0.05) is 17.7 Å². The van der Waals surface area contributed by atoms with E-state index in [9.17, 15) is 13.2 Å². The first-order chi connectivity index (χ1) is 10.3. The van der Waals surface area contributed by atoms with Gasteiger partial charge in [0.15, 0.2) is 0 Å². The second kappa shape index (κ2) is 8.14. The summed E-state index contributed by atoms with van der Waals surface area (Å²) in [4.78, 5) is 13.7. The van der Waals surface area contributed by atoms with E-state index in [1.807, 2.05) is 20.8 Å². The van der Waals surface area contributed by atoms with Crippen LogP contribution in [0.25, 0.3) is 0 Å². The standard InChI is InChI=1S/C15H25N3O3S/c1-5-18(6-2)15(19)16-11-12-17(4)22(20,21)14-9-7-13(3)8-10-14/h7-10H,5-6,11-12H2,1-4H3,(H,16,19). The Labute approximate surface area is 133 Å². The van der Waals surface area contributed by atoms with Crippen molar-refractivity contribution in [3.05, 3.63) is 29.8 Å². The van der Waals surface area contributed by atoms with Gasteiger partial charge in [-0.2, -0.15) is 4.31 Å². The summed E-state index contributed by atoms with van der Waals surface area (Å²) in [5.74, 6) is 0. The minimum absolute atomic E-state index is 0.175. The molecule has 1 rings (SSSR count). The fourth-order valence-corrected chi connectivity index (χ4v) is 3.12. The lowest BCUT2D eigenvalue weighted by molar-refractivity contribution is 0.202. The SMILES string of the molecule is CCN(CC)C(=O)NCCN(C)S(=O)(=O)c1ccc(C)cc1. The molecule has 0 aliphatic carbocycles. The van der Waals surface area contributed by atoms with Crippen LogP contribution < -0.4 is 5.32 Å². The molecular formula is C15H25N3O3S. The van der Waals surface area contributed by atoms with Crippen LogP contribution in [0.15, 0.2) is 29.2 Å². The normalized spacial score (nSPS) is 11.5. The van der Waals surface area contributed by atoms with Gasteiger partial charge >= 0.3 is 6.03 Å². The van der Waals surface area contributed by atoms with Crippen molar-refractivity contribution in [2.24, 2.45) is 0 Å². The zero-order valence-electron chi connectivity index (χ0n) is 13.7. The van der Waals surface area contributed by atoms with Crippen LogP contribution in [0.4, 0.5) is 4.79 Å². The molecule has 0 saturated heterocycles. The number of amides is 2. The minimum Gasteiger partial charge on any atom is -0.337 e. The van der Waals surface area contributed by atoms with Crippen LogP contribution in [-0.2, 0) is 10.0 Å². The number of hydrogen-bond donors (Lipinski definition) is 1. The fourth-order valence-electron chi connectivity index (χ4n) is 1.95. The number of benzene rings is 1. The van der Waals surface area contributed by atoms with Gasteiger partial charge in [-0.25, -0.2) is 13.2 Å². The zero-order valence-corrected chi connectivity index (χ0v) is 14.5. The number of rotatable bonds is 7. The maximum atomic E-state index is 12.4. The third-order valence-electron chi connectivity index (χ3n) is 3.48. The Bertz CT molecular complexity index is 581. The van der Waals surface area contributed by atoms with Crippen LogP contribution in [-0.4, -0.2) is 56.9 Å². The molecule has 0 aliphatic rings. The van der Waals surface area contributed by atoms with Gasteiger partial charge in [0.05, 0.1) is 4.90 Å². The number of hydrogen-bond acceptors (Lipinski definition) is 3. The predicted molar refractivity (Wildman–Crippen MR) is 87.3 cm³/mol. The van der Waals surface area contributed by atoms with E-state index < -0.39 is 10.0 Å². The van der Waals surface area contributed by atoms with Crippen molar-refractivity contribution in [3.8, 4) is 0 Å². The van der Waals surface area contributed by atoms with Gasteiger partial charge in [-0.15, -0.1) is 0 Å². The first-order valence-electron chi connectivity index (χ1n) is 7.38. The maximum Gasteiger partial charge on any atom is 0.317 e. The van der Waals surface area contributed by atoms with Gasteiger partial charge < -0.3 is 10.2 Å². The molecule has 0 radical (unpaired) electrons. The zero-order chi connectivity index (χ0) is 16.8. The molecule has 0 bridgehead atoms. The van der Waals surface area contributed by atoms with E-state index in [0.29, 0.717) is 13.1 Å². The summed E-state index contributed by atoms with van der Waals surface area (Å²) in [5.41, 5.74) is 1.01. The molecular weight excluding hydrogens is 302 g/mol. The highest BCUT2D eigenvalue weighted by molar-refractivity contribution is 7.89. The van der Waals surface area contributed by atoms with Crippen molar-refractivity contribution in [1.29, 1.82) is 0 Å². The molecule has 0 heterocycles. The molecule has 1 N–H and O–H groups in total. The van der Waals surface area contributed by atoms with Crippen molar-refractivity contribution in [2.75, 3.05) is 33.2 Å². The molecule has 0 atom stereocenters. The Kier molecular flexibility index (Phi) is 6.83. The van der Waals surface area contributed by atoms with Crippen LogP contribution >= 0.6 is 0 Å². The first-order valence-corrected chi connectivity index (χ1v) is 8.82. The fraction of sp³-hybridized carbons (Fsp3) is 0.533. The molecule has 0 fully saturated rings. The average molecular weight is 327 g/mol. The van der Waals surface area contributed by atoms with E-state index in [4.69, 9.17) is 0 Å². The van der Waals surface area contributed by atoms with Gasteiger partial charge in [0.2, 0.25) is 10.0 Å². The highest BCUT2D eigenvalue weighted by Gasteiger charge is 2.20. The summed E-state index contributed by atoms with van der Waals surface area (Å²) in [6, 6.07) is 6.54. The molecule has 2 amide bonds. The topological polar surface area (TPSA) is 69.7 Å². The monoisotopic (exact) mass is 327 g/mol. The number of aryl methyl sites for hydroxylation is 1. The van der Waals surface area contributed by atoms with Crippen molar-refractivity contribution in [2.45, 2.75) is 25.7 Å². The van der Waals surface area contributed by atoms with Crippen LogP contribution in [0.3, 0.4) is 0 Å². The maximum absolute atomic E-state index is 12.4. The number of nitrogens with zero attached hydrogens (tertiary/aromatic N) is 2. The molecule has 0 saturated carbocycles. The largest absolute Gasteiger partial charge is 0.337 e. The van der Waals surface area contributed by atoms with E-state index in [1.54, 1.807) is 29.2 Å². The van der Waals surface area contributed by atoms with Gasteiger partial charge in [0, 0.05) is 33.2 Å². The van der Waals surface area contributed by atoms with Crippen LogP contribution in [0.5, 0.6) is 0 Å². The average Bonchev–Trinajstić information content (AvgIpc) is 2.48. The van der Waals surface area contributed by atoms with Crippen molar-refractivity contribution >= 4 is 16.1 Å². The van der Waals surface area contributed by atoms with Gasteiger partial charge in [0.25, 0.3) is 0 Å². The van der Waals surface area contributed by atoms with Gasteiger partial charge in [-0.05, 0) is 32.9 Å². The molecule has 1 aromatic carbocycles. The third kappa shape index (κ3) is 4.71. The highest BCUT2D eigenvalue weighted by Crippen LogP contribution is 2.14. The lowest BCUT2D eigenvalue weighted by atomic mass is 10.2. The molecule has 0 unspecified atom stereocenters. The summed E-state index contributed by atoms with van der Waals surface area (Å²) in [6.45, 7) is 7.46. The Morgan fingerprint density at radius 1 is 1.14 bits per heavy atom. The summed E-state index contributed by atoms with van der Waals surface area (Å²) < 4.78 is 26.0. The molecule has 124 valence electrons. The van der Waals surface area contributed by atoms with E-state index >= 15 is 0 Å². The number of nitrogens with one attached hydrogen (secondary N) is 1. The van der Waals surface area contributed by atoms with Gasteiger partial charge in [0.1, 0.15) is 0 Å². The van der Waals surface area contributed by atoms with Crippen molar-refractivity contribution in [3.63, 3.8) is 0 Å². The summed E-state index contributed by atoms with van der Waals surface area (Å²) in [6.07, 6.45) is 0. The minimum atomic E-state index is -3.52. The Hall–Kier alpha value is -1.60.